The van der Waals surface area contributed by atoms with Gasteiger partial charge in [-0.1, -0.05) is 13.0 Å². The van der Waals surface area contributed by atoms with Gasteiger partial charge in [-0.25, -0.2) is 4.79 Å². The van der Waals surface area contributed by atoms with E-state index in [0.717, 1.165) is 0 Å². The fourth-order valence-electron chi connectivity index (χ4n) is 8.31. The van der Waals surface area contributed by atoms with Gasteiger partial charge >= 0.3 is 5.97 Å². The quantitative estimate of drug-likeness (QED) is 0.508. The monoisotopic (exact) mass is 314 g/mol. The van der Waals surface area contributed by atoms with E-state index in [1.54, 1.807) is 0 Å². The van der Waals surface area contributed by atoms with E-state index in [9.17, 15) is 9.59 Å². The molecule has 6 rings (SSSR count). The van der Waals surface area contributed by atoms with Gasteiger partial charge in [0, 0.05) is 11.8 Å². The fraction of sp³-hybridized carbons (Fsp3) is 0.789. The molecule has 2 aliphatic heterocycles. The predicted molar refractivity (Wildman–Crippen MR) is 80.2 cm³/mol. The summed E-state index contributed by atoms with van der Waals surface area (Å²) in [5.74, 6) is 2.19. The lowest BCUT2D eigenvalue weighted by Gasteiger charge is -2.47. The molecule has 0 amide bonds. The van der Waals surface area contributed by atoms with E-state index in [1.165, 1.54) is 6.42 Å². The van der Waals surface area contributed by atoms with Crippen molar-refractivity contribution in [3.8, 4) is 0 Å². The average molecular weight is 314 g/mol. The first-order chi connectivity index (χ1) is 10.8. The van der Waals surface area contributed by atoms with Gasteiger partial charge in [-0.2, -0.15) is 0 Å². The standard InChI is InChI=1S/C19H22O4/c1-5-7-11-12(22-16(7)21)14-17(2)10-8-6-9(8)13(17)18(3,15(10)20)19(14,4)23-11/h5,8-14H,6H2,1-4H3/b7-5-/t8-,9+,10-,11-,12+,13-,14-,17+,18+,19-/m1/s1. The predicted octanol–water partition coefficient (Wildman–Crippen LogP) is 2.12. The third-order valence-corrected chi connectivity index (χ3v) is 8.89. The van der Waals surface area contributed by atoms with Crippen molar-refractivity contribution in [3.63, 3.8) is 0 Å². The summed E-state index contributed by atoms with van der Waals surface area (Å²) < 4.78 is 12.3. The minimum absolute atomic E-state index is 0.0585. The molecule has 6 aliphatic rings. The largest absolute Gasteiger partial charge is 0.455 e. The van der Waals surface area contributed by atoms with Crippen LogP contribution < -0.4 is 0 Å². The summed E-state index contributed by atoms with van der Waals surface area (Å²) in [7, 11) is 0. The molecule has 0 aromatic rings. The second-order valence-electron chi connectivity index (χ2n) is 9.19. The molecule has 4 heteroatoms. The van der Waals surface area contributed by atoms with Crippen molar-refractivity contribution in [1.82, 2.24) is 0 Å². The minimum Gasteiger partial charge on any atom is -0.455 e. The number of hydrogen-bond acceptors (Lipinski definition) is 4. The topological polar surface area (TPSA) is 52.6 Å². The van der Waals surface area contributed by atoms with Crippen LogP contribution in [0.1, 0.15) is 34.1 Å². The number of rotatable bonds is 0. The van der Waals surface area contributed by atoms with Crippen LogP contribution >= 0.6 is 0 Å². The Bertz CT molecular complexity index is 740. The summed E-state index contributed by atoms with van der Waals surface area (Å²) in [5.41, 5.74) is -0.332. The number of Topliss-reactive ketones (excluding diaryl/α,β-unsaturated/α-hetero) is 1. The number of esters is 1. The molecule has 4 aliphatic carbocycles. The first-order valence-corrected chi connectivity index (χ1v) is 8.91. The molecule has 0 spiro atoms. The van der Waals surface area contributed by atoms with Gasteiger partial charge in [0.2, 0.25) is 0 Å². The summed E-state index contributed by atoms with van der Waals surface area (Å²) in [6.07, 6.45) is 2.53. The van der Waals surface area contributed by atoms with Crippen LogP contribution in [0.5, 0.6) is 0 Å². The number of allylic oxidation sites excluding steroid dienone is 1. The Labute approximate surface area is 135 Å². The molecule has 4 saturated carbocycles. The Morgan fingerprint density at radius 3 is 2.57 bits per heavy atom. The molecule has 23 heavy (non-hydrogen) atoms. The molecule has 6 fully saturated rings. The summed E-state index contributed by atoms with van der Waals surface area (Å²) in [5, 5.41) is 0. The fourth-order valence-corrected chi connectivity index (χ4v) is 8.31. The van der Waals surface area contributed by atoms with E-state index in [-0.39, 0.29) is 35.4 Å². The molecule has 4 bridgehead atoms. The van der Waals surface area contributed by atoms with Crippen molar-refractivity contribution >= 4 is 11.8 Å². The van der Waals surface area contributed by atoms with Gasteiger partial charge in [0.15, 0.2) is 0 Å². The van der Waals surface area contributed by atoms with Crippen LogP contribution in [0.3, 0.4) is 0 Å². The Balaban J connectivity index is 1.58. The van der Waals surface area contributed by atoms with Crippen molar-refractivity contribution in [2.45, 2.75) is 51.9 Å². The highest BCUT2D eigenvalue weighted by Gasteiger charge is 2.93. The lowest BCUT2D eigenvalue weighted by atomic mass is 9.58. The first kappa shape index (κ1) is 13.2. The van der Waals surface area contributed by atoms with Crippen LogP contribution in [0.25, 0.3) is 0 Å². The highest BCUT2D eigenvalue weighted by Crippen LogP contribution is 2.88. The number of fused-ring (bicyclic) bond motifs is 6. The van der Waals surface area contributed by atoms with Crippen LogP contribution in [0.4, 0.5) is 0 Å². The highest BCUT2D eigenvalue weighted by atomic mass is 16.6. The number of hydrogen-bond donors (Lipinski definition) is 0. The highest BCUT2D eigenvalue weighted by molar-refractivity contribution is 5.97. The molecule has 2 heterocycles. The van der Waals surface area contributed by atoms with Gasteiger partial charge in [0.1, 0.15) is 18.0 Å². The lowest BCUT2D eigenvalue weighted by molar-refractivity contribution is -0.166. The van der Waals surface area contributed by atoms with E-state index in [0.29, 0.717) is 29.1 Å². The van der Waals surface area contributed by atoms with Gasteiger partial charge in [-0.3, -0.25) is 4.79 Å². The zero-order valence-corrected chi connectivity index (χ0v) is 14.0. The van der Waals surface area contributed by atoms with E-state index in [2.05, 4.69) is 20.8 Å². The maximum atomic E-state index is 13.3. The molecule has 10 atom stereocenters. The summed E-state index contributed by atoms with van der Waals surface area (Å²) in [6.45, 7) is 8.42. The molecule has 0 aromatic carbocycles. The number of ketones is 1. The van der Waals surface area contributed by atoms with Gasteiger partial charge in [-0.05, 0) is 50.4 Å². The molecular weight excluding hydrogens is 292 g/mol. The smallest absolute Gasteiger partial charge is 0.336 e. The molecule has 0 N–H and O–H groups in total. The number of carbonyl (C=O) groups excluding carboxylic acids is 2. The maximum absolute atomic E-state index is 13.3. The van der Waals surface area contributed by atoms with Crippen LogP contribution in [-0.2, 0) is 19.1 Å². The van der Waals surface area contributed by atoms with E-state index >= 15 is 0 Å². The van der Waals surface area contributed by atoms with Gasteiger partial charge in [-0.15, -0.1) is 0 Å². The Hall–Kier alpha value is -1.16. The molecule has 122 valence electrons. The van der Waals surface area contributed by atoms with Gasteiger partial charge in [0.05, 0.1) is 16.6 Å². The van der Waals surface area contributed by atoms with Crippen LogP contribution in [0.2, 0.25) is 0 Å². The number of carbonyl (C=O) groups is 2. The molecular formula is C19H22O4. The van der Waals surface area contributed by atoms with Crippen molar-refractivity contribution < 1.29 is 19.1 Å². The summed E-state index contributed by atoms with van der Waals surface area (Å²) >= 11 is 0. The van der Waals surface area contributed by atoms with Gasteiger partial charge in [0.25, 0.3) is 0 Å². The zero-order chi connectivity index (χ0) is 16.1. The SMILES string of the molecule is C/C=C1\C(=O)O[C@H]2[C@@H]1O[C@]1(C)[C@H]2[C@]2(C)[C@H]3[C@H]4C[C@H]4[C@@H]2C(=O)[C@]31C. The Kier molecular flexibility index (Phi) is 1.82. The first-order valence-electron chi connectivity index (χ1n) is 8.91. The van der Waals surface area contributed by atoms with Gasteiger partial charge < -0.3 is 9.47 Å². The normalized spacial score (nSPS) is 68.3. The Morgan fingerprint density at radius 1 is 1.13 bits per heavy atom. The van der Waals surface area contributed by atoms with Crippen molar-refractivity contribution in [3.05, 3.63) is 11.6 Å². The lowest BCUT2D eigenvalue weighted by Crippen LogP contribution is -2.58. The summed E-state index contributed by atoms with van der Waals surface area (Å²) in [6, 6.07) is 0. The molecule has 2 saturated heterocycles. The van der Waals surface area contributed by atoms with E-state index in [4.69, 9.17) is 9.47 Å². The zero-order valence-electron chi connectivity index (χ0n) is 14.0. The van der Waals surface area contributed by atoms with E-state index in [1.807, 2.05) is 13.0 Å². The van der Waals surface area contributed by atoms with Crippen molar-refractivity contribution in [1.29, 1.82) is 0 Å². The number of ether oxygens (including phenoxy) is 2. The third-order valence-electron chi connectivity index (χ3n) is 8.89. The third kappa shape index (κ3) is 0.937. The van der Waals surface area contributed by atoms with Crippen LogP contribution in [0, 0.1) is 40.4 Å². The molecule has 0 aromatic heterocycles. The second-order valence-corrected chi connectivity index (χ2v) is 9.19. The van der Waals surface area contributed by atoms with Crippen molar-refractivity contribution in [2.24, 2.45) is 40.4 Å². The summed E-state index contributed by atoms with van der Waals surface area (Å²) in [4.78, 5) is 25.5. The molecule has 0 unspecified atom stereocenters. The van der Waals surface area contributed by atoms with Crippen molar-refractivity contribution in [2.75, 3.05) is 0 Å². The average Bonchev–Trinajstić information content (AvgIpc) is 2.87. The minimum atomic E-state index is -0.502. The Morgan fingerprint density at radius 2 is 1.87 bits per heavy atom. The molecule has 0 radical (unpaired) electrons. The maximum Gasteiger partial charge on any atom is 0.336 e. The van der Waals surface area contributed by atoms with Crippen LogP contribution in [0.15, 0.2) is 11.6 Å². The second kappa shape index (κ2) is 3.17. The van der Waals surface area contributed by atoms with E-state index < -0.39 is 11.0 Å². The van der Waals surface area contributed by atoms with Crippen LogP contribution in [-0.4, -0.2) is 29.6 Å². The molecule has 4 nitrogen and oxygen atoms in total.